The highest BCUT2D eigenvalue weighted by Gasteiger charge is 2.19. The molecule has 1 aromatic heterocycles. The quantitative estimate of drug-likeness (QED) is 0.524. The fourth-order valence-electron chi connectivity index (χ4n) is 2.70. The van der Waals surface area contributed by atoms with Gasteiger partial charge in [0.15, 0.2) is 6.61 Å². The Hall–Kier alpha value is -3.73. The van der Waals surface area contributed by atoms with Crippen LogP contribution in [0, 0.1) is 10.1 Å². The van der Waals surface area contributed by atoms with Crippen molar-refractivity contribution in [3.63, 3.8) is 0 Å². The van der Waals surface area contributed by atoms with Gasteiger partial charge in [0.1, 0.15) is 11.4 Å². The predicted octanol–water partition coefficient (Wildman–Crippen LogP) is 0.379. The third-order valence-electron chi connectivity index (χ3n) is 4.18. The molecule has 2 heterocycles. The summed E-state index contributed by atoms with van der Waals surface area (Å²) in [7, 11) is 0. The number of nitro groups is 1. The third-order valence-corrected chi connectivity index (χ3v) is 4.18. The molecule has 1 saturated heterocycles. The first-order valence-electron chi connectivity index (χ1n) is 8.71. The van der Waals surface area contributed by atoms with E-state index in [1.165, 1.54) is 12.2 Å². The van der Waals surface area contributed by atoms with E-state index >= 15 is 0 Å². The largest absolute Gasteiger partial charge is 0.484 e. The second-order valence-electron chi connectivity index (χ2n) is 6.11. The fourth-order valence-corrected chi connectivity index (χ4v) is 2.70. The van der Waals surface area contributed by atoms with Gasteiger partial charge < -0.3 is 19.4 Å². The second kappa shape index (κ2) is 8.97. The van der Waals surface area contributed by atoms with Crippen molar-refractivity contribution in [2.45, 2.75) is 0 Å². The van der Waals surface area contributed by atoms with Crippen molar-refractivity contribution >= 4 is 23.7 Å². The van der Waals surface area contributed by atoms with E-state index in [-0.39, 0.29) is 18.2 Å². The standard InChI is InChI=1S/C18H18N4O7/c23-15(21-7-9-28-10-8-21)11-29-13-4-1-12(2-5-13)3-6-14-16(22(26)27)17(24)20-18(25)19-14/h1-6H,7-11H2,(H2,19,20,24,25). The van der Waals surface area contributed by atoms with Crippen molar-refractivity contribution in [2.75, 3.05) is 32.9 Å². The van der Waals surface area contributed by atoms with E-state index in [1.807, 2.05) is 4.98 Å². The van der Waals surface area contributed by atoms with Crippen LogP contribution in [0.2, 0.25) is 0 Å². The summed E-state index contributed by atoms with van der Waals surface area (Å²) >= 11 is 0. The van der Waals surface area contributed by atoms with Crippen molar-refractivity contribution in [1.82, 2.24) is 14.9 Å². The van der Waals surface area contributed by atoms with E-state index in [1.54, 1.807) is 29.2 Å². The number of ether oxygens (including phenoxy) is 2. The van der Waals surface area contributed by atoms with Gasteiger partial charge in [0, 0.05) is 13.1 Å². The number of aromatic amines is 2. The maximum Gasteiger partial charge on any atom is 0.357 e. The Balaban J connectivity index is 1.65. The number of hydrogen-bond donors (Lipinski definition) is 2. The first-order chi connectivity index (χ1) is 13.9. The van der Waals surface area contributed by atoms with Crippen LogP contribution in [0.4, 0.5) is 5.69 Å². The van der Waals surface area contributed by atoms with E-state index in [0.717, 1.165) is 0 Å². The average Bonchev–Trinajstić information content (AvgIpc) is 2.71. The zero-order chi connectivity index (χ0) is 20.8. The number of benzene rings is 1. The van der Waals surface area contributed by atoms with Crippen molar-refractivity contribution < 1.29 is 19.2 Å². The molecule has 2 N–H and O–H groups in total. The van der Waals surface area contributed by atoms with E-state index in [4.69, 9.17) is 9.47 Å². The molecule has 0 aliphatic carbocycles. The monoisotopic (exact) mass is 402 g/mol. The van der Waals surface area contributed by atoms with Gasteiger partial charge in [0.05, 0.1) is 18.1 Å². The van der Waals surface area contributed by atoms with Gasteiger partial charge in [-0.2, -0.15) is 0 Å². The molecular formula is C18H18N4O7. The van der Waals surface area contributed by atoms with Crippen LogP contribution in [0.3, 0.4) is 0 Å². The Labute approximate surface area is 163 Å². The fraction of sp³-hybridized carbons (Fsp3) is 0.278. The first kappa shape index (κ1) is 20.0. The molecule has 1 amide bonds. The molecule has 1 fully saturated rings. The van der Waals surface area contributed by atoms with Crippen LogP contribution >= 0.6 is 0 Å². The minimum absolute atomic E-state index is 0.0879. The maximum atomic E-state index is 12.1. The van der Waals surface area contributed by atoms with Gasteiger partial charge in [-0.3, -0.25) is 24.7 Å². The summed E-state index contributed by atoms with van der Waals surface area (Å²) in [6.07, 6.45) is 2.77. The van der Waals surface area contributed by atoms with Crippen LogP contribution < -0.4 is 16.0 Å². The van der Waals surface area contributed by atoms with Gasteiger partial charge in [0.2, 0.25) is 0 Å². The van der Waals surface area contributed by atoms with Crippen LogP contribution in [0.5, 0.6) is 5.75 Å². The topological polar surface area (TPSA) is 148 Å². The molecule has 3 rings (SSSR count). The molecule has 0 atom stereocenters. The summed E-state index contributed by atoms with van der Waals surface area (Å²) in [5, 5.41) is 11.0. The number of nitrogens with one attached hydrogen (secondary N) is 2. The lowest BCUT2D eigenvalue weighted by Crippen LogP contribution is -2.42. The van der Waals surface area contributed by atoms with Crippen LogP contribution in [-0.2, 0) is 9.53 Å². The lowest BCUT2D eigenvalue weighted by molar-refractivity contribution is -0.386. The minimum Gasteiger partial charge on any atom is -0.484 e. The Bertz CT molecular complexity index is 1030. The highest BCUT2D eigenvalue weighted by molar-refractivity contribution is 5.78. The van der Waals surface area contributed by atoms with Crippen LogP contribution in [0.15, 0.2) is 33.9 Å². The van der Waals surface area contributed by atoms with Gasteiger partial charge in [-0.25, -0.2) is 4.79 Å². The Kier molecular flexibility index (Phi) is 6.19. The van der Waals surface area contributed by atoms with Crippen LogP contribution in [0.1, 0.15) is 11.3 Å². The number of rotatable bonds is 6. The molecule has 11 nitrogen and oxygen atoms in total. The number of morpholine rings is 1. The molecular weight excluding hydrogens is 384 g/mol. The molecule has 2 aromatic rings. The molecule has 11 heteroatoms. The second-order valence-corrected chi connectivity index (χ2v) is 6.11. The summed E-state index contributed by atoms with van der Waals surface area (Å²) in [5.41, 5.74) is -2.23. The number of amides is 1. The Morgan fingerprint density at radius 2 is 1.86 bits per heavy atom. The molecule has 1 aromatic carbocycles. The molecule has 0 radical (unpaired) electrons. The molecule has 1 aliphatic heterocycles. The van der Waals surface area contributed by atoms with Crippen molar-refractivity contribution in [3.05, 3.63) is 66.5 Å². The third kappa shape index (κ3) is 5.17. The van der Waals surface area contributed by atoms with Crippen LogP contribution in [0.25, 0.3) is 12.2 Å². The molecule has 0 saturated carbocycles. The highest BCUT2D eigenvalue weighted by Crippen LogP contribution is 2.16. The minimum atomic E-state index is -1.08. The molecule has 29 heavy (non-hydrogen) atoms. The van der Waals surface area contributed by atoms with Gasteiger partial charge in [-0.1, -0.05) is 18.2 Å². The average molecular weight is 402 g/mol. The summed E-state index contributed by atoms with van der Waals surface area (Å²) in [6.45, 7) is 2.04. The highest BCUT2D eigenvalue weighted by atomic mass is 16.6. The lowest BCUT2D eigenvalue weighted by atomic mass is 10.2. The van der Waals surface area contributed by atoms with Gasteiger partial charge in [-0.05, 0) is 23.8 Å². The number of carbonyl (C=O) groups is 1. The molecule has 1 aliphatic rings. The van der Waals surface area contributed by atoms with E-state index < -0.39 is 21.9 Å². The van der Waals surface area contributed by atoms with Gasteiger partial charge in [-0.15, -0.1) is 0 Å². The summed E-state index contributed by atoms with van der Waals surface area (Å²) in [6, 6.07) is 6.62. The Morgan fingerprint density at radius 3 is 2.52 bits per heavy atom. The van der Waals surface area contributed by atoms with E-state index in [2.05, 4.69) is 4.98 Å². The van der Waals surface area contributed by atoms with Crippen LogP contribution in [-0.4, -0.2) is 58.6 Å². The molecule has 0 bridgehead atoms. The van der Waals surface area contributed by atoms with Crippen molar-refractivity contribution in [3.8, 4) is 5.75 Å². The number of hydrogen-bond acceptors (Lipinski definition) is 7. The number of aromatic nitrogens is 2. The Morgan fingerprint density at radius 1 is 1.17 bits per heavy atom. The van der Waals surface area contributed by atoms with Crippen molar-refractivity contribution in [2.24, 2.45) is 0 Å². The molecule has 0 spiro atoms. The lowest BCUT2D eigenvalue weighted by Gasteiger charge is -2.26. The summed E-state index contributed by atoms with van der Waals surface area (Å²) < 4.78 is 10.7. The first-order valence-corrected chi connectivity index (χ1v) is 8.71. The number of H-pyrrole nitrogens is 2. The summed E-state index contributed by atoms with van der Waals surface area (Å²) in [5.74, 6) is 0.363. The molecule has 152 valence electrons. The smallest absolute Gasteiger partial charge is 0.357 e. The normalized spacial score (nSPS) is 14.1. The van der Waals surface area contributed by atoms with Gasteiger partial charge >= 0.3 is 16.9 Å². The molecule has 0 unspecified atom stereocenters. The summed E-state index contributed by atoms with van der Waals surface area (Å²) in [4.78, 5) is 50.9. The van der Waals surface area contributed by atoms with Crippen molar-refractivity contribution in [1.29, 1.82) is 0 Å². The maximum absolute atomic E-state index is 12.1. The predicted molar refractivity (Wildman–Crippen MR) is 103 cm³/mol. The number of nitrogens with zero attached hydrogens (tertiary/aromatic N) is 2. The SMILES string of the molecule is O=C(COc1ccc(C=Cc2[nH]c(=O)[nH]c(=O)c2[N+](=O)[O-])cc1)N1CCOCC1. The zero-order valence-electron chi connectivity index (χ0n) is 15.3. The van der Waals surface area contributed by atoms with Gasteiger partial charge in [0.25, 0.3) is 5.91 Å². The van der Waals surface area contributed by atoms with E-state index in [9.17, 15) is 24.5 Å². The van der Waals surface area contributed by atoms with E-state index in [0.29, 0.717) is 37.6 Å². The number of carbonyl (C=O) groups excluding carboxylic acids is 1. The zero-order valence-corrected chi connectivity index (χ0v) is 15.3.